The Morgan fingerprint density at radius 3 is 2.56 bits per heavy atom. The predicted molar refractivity (Wildman–Crippen MR) is 66.5 cm³/mol. The minimum Gasteiger partial charge on any atom is -0.380 e. The van der Waals surface area contributed by atoms with Gasteiger partial charge in [-0.3, -0.25) is 4.79 Å². The Morgan fingerprint density at radius 2 is 2.06 bits per heavy atom. The summed E-state index contributed by atoms with van der Waals surface area (Å²) in [6.45, 7) is 11.7. The second kappa shape index (κ2) is 9.60. The van der Waals surface area contributed by atoms with E-state index in [1.54, 1.807) is 0 Å². The monoisotopic (exact) mass is 230 g/mol. The van der Waals surface area contributed by atoms with E-state index in [1.807, 2.05) is 32.6 Å². The zero-order chi connectivity index (χ0) is 12.4. The first-order chi connectivity index (χ1) is 7.65. The number of ether oxygens (including phenoxy) is 1. The number of amides is 1. The Bertz CT molecular complexity index is 186. The summed E-state index contributed by atoms with van der Waals surface area (Å²) in [5.74, 6) is 0.204. The number of nitrogens with one attached hydrogen (secondary N) is 1. The van der Waals surface area contributed by atoms with E-state index in [1.165, 1.54) is 0 Å². The van der Waals surface area contributed by atoms with Gasteiger partial charge in [-0.15, -0.1) is 0 Å². The molecule has 0 heterocycles. The average Bonchev–Trinajstić information content (AvgIpc) is 2.24. The van der Waals surface area contributed by atoms with Crippen molar-refractivity contribution in [1.29, 1.82) is 0 Å². The average molecular weight is 230 g/mol. The number of nitrogens with zero attached hydrogens (tertiary/aromatic N) is 1. The highest BCUT2D eigenvalue weighted by atomic mass is 16.5. The van der Waals surface area contributed by atoms with Crippen LogP contribution >= 0.6 is 0 Å². The fourth-order valence-corrected chi connectivity index (χ4v) is 1.59. The molecule has 4 heteroatoms. The number of carbonyl (C=O) groups excluding carboxylic acids is 1. The molecule has 16 heavy (non-hydrogen) atoms. The Morgan fingerprint density at radius 1 is 1.38 bits per heavy atom. The van der Waals surface area contributed by atoms with Crippen molar-refractivity contribution in [2.45, 2.75) is 40.2 Å². The maximum Gasteiger partial charge on any atom is 0.224 e. The number of hydrogen-bond acceptors (Lipinski definition) is 3. The molecule has 0 radical (unpaired) electrons. The highest BCUT2D eigenvalue weighted by molar-refractivity contribution is 5.76. The molecule has 0 saturated heterocycles. The smallest absolute Gasteiger partial charge is 0.224 e. The lowest BCUT2D eigenvalue weighted by Crippen LogP contribution is -2.38. The summed E-state index contributed by atoms with van der Waals surface area (Å²) in [7, 11) is 0. The van der Waals surface area contributed by atoms with Gasteiger partial charge in [0.2, 0.25) is 5.91 Å². The predicted octanol–water partition coefficient (Wildman–Crippen LogP) is 1.26. The van der Waals surface area contributed by atoms with E-state index in [0.29, 0.717) is 26.2 Å². The number of likely N-dealkylation sites (N-methyl/N-ethyl adjacent to an activating group) is 1. The van der Waals surface area contributed by atoms with E-state index < -0.39 is 0 Å². The molecule has 0 aliphatic rings. The van der Waals surface area contributed by atoms with E-state index in [4.69, 9.17) is 4.74 Å². The lowest BCUT2D eigenvalue weighted by Gasteiger charge is -2.22. The molecule has 0 aliphatic heterocycles. The highest BCUT2D eigenvalue weighted by Gasteiger charge is 2.14. The van der Waals surface area contributed by atoms with Gasteiger partial charge in [-0.25, -0.2) is 0 Å². The summed E-state index contributed by atoms with van der Waals surface area (Å²) in [6, 6.07) is 0.249. The van der Waals surface area contributed by atoms with E-state index in [-0.39, 0.29) is 11.9 Å². The van der Waals surface area contributed by atoms with E-state index in [0.717, 1.165) is 13.1 Å². The van der Waals surface area contributed by atoms with Crippen LogP contribution in [0.25, 0.3) is 0 Å². The van der Waals surface area contributed by atoms with Gasteiger partial charge in [0.25, 0.3) is 0 Å². The van der Waals surface area contributed by atoms with Crippen molar-refractivity contribution in [3.63, 3.8) is 0 Å². The summed E-state index contributed by atoms with van der Waals surface area (Å²) in [5, 5.41) is 3.24. The van der Waals surface area contributed by atoms with Gasteiger partial charge in [0.1, 0.15) is 0 Å². The maximum absolute atomic E-state index is 11.9. The van der Waals surface area contributed by atoms with Gasteiger partial charge in [0.05, 0.1) is 6.61 Å². The van der Waals surface area contributed by atoms with Crippen molar-refractivity contribution >= 4 is 5.91 Å². The van der Waals surface area contributed by atoms with Crippen LogP contribution in [-0.2, 0) is 9.53 Å². The fraction of sp³-hybridized carbons (Fsp3) is 0.917. The van der Waals surface area contributed by atoms with Crippen LogP contribution in [0, 0.1) is 0 Å². The number of rotatable bonds is 9. The second-order valence-electron chi connectivity index (χ2n) is 3.83. The first-order valence-corrected chi connectivity index (χ1v) is 6.24. The third-order valence-corrected chi connectivity index (χ3v) is 2.48. The summed E-state index contributed by atoms with van der Waals surface area (Å²) < 4.78 is 5.26. The molecule has 0 aliphatic carbocycles. The van der Waals surface area contributed by atoms with Crippen molar-refractivity contribution in [3.8, 4) is 0 Å². The van der Waals surface area contributed by atoms with Crippen LogP contribution in [0.15, 0.2) is 0 Å². The molecule has 0 aromatic heterocycles. The molecule has 1 amide bonds. The Hall–Kier alpha value is -0.610. The minimum absolute atomic E-state index is 0.204. The molecule has 96 valence electrons. The molecule has 0 aromatic carbocycles. The van der Waals surface area contributed by atoms with Gasteiger partial charge in [-0.1, -0.05) is 6.92 Å². The minimum atomic E-state index is 0.204. The van der Waals surface area contributed by atoms with E-state index in [9.17, 15) is 4.79 Å². The summed E-state index contributed by atoms with van der Waals surface area (Å²) in [6.07, 6.45) is 0.563. The number of carbonyl (C=O) groups is 1. The normalized spacial score (nSPS) is 12.5. The Balaban J connectivity index is 3.90. The fourth-order valence-electron chi connectivity index (χ4n) is 1.59. The van der Waals surface area contributed by atoms with Crippen molar-refractivity contribution < 1.29 is 9.53 Å². The maximum atomic E-state index is 11.9. The van der Waals surface area contributed by atoms with Crippen LogP contribution in [-0.4, -0.2) is 49.7 Å². The number of hydrogen-bond donors (Lipinski definition) is 1. The zero-order valence-corrected chi connectivity index (χ0v) is 11.1. The zero-order valence-electron chi connectivity index (χ0n) is 11.1. The molecule has 0 bridgehead atoms. The molecule has 1 atom stereocenters. The molecular formula is C12H26N2O2. The summed E-state index contributed by atoms with van der Waals surface area (Å²) in [5.41, 5.74) is 0. The molecule has 4 nitrogen and oxygen atoms in total. The van der Waals surface area contributed by atoms with Crippen LogP contribution in [0.5, 0.6) is 0 Å². The van der Waals surface area contributed by atoms with E-state index in [2.05, 4.69) is 5.32 Å². The topological polar surface area (TPSA) is 41.6 Å². The Labute approximate surface area is 99.3 Å². The van der Waals surface area contributed by atoms with Gasteiger partial charge in [-0.2, -0.15) is 0 Å². The van der Waals surface area contributed by atoms with Crippen molar-refractivity contribution in [3.05, 3.63) is 0 Å². The molecule has 0 aromatic rings. The van der Waals surface area contributed by atoms with Crippen LogP contribution in [0.1, 0.15) is 34.1 Å². The molecule has 0 spiro atoms. The summed E-state index contributed by atoms with van der Waals surface area (Å²) in [4.78, 5) is 13.7. The SMILES string of the molecule is CCNC(C)CC(=O)N(CC)CCOCC. The largest absolute Gasteiger partial charge is 0.380 e. The third kappa shape index (κ3) is 6.80. The highest BCUT2D eigenvalue weighted by Crippen LogP contribution is 1.98. The van der Waals surface area contributed by atoms with Gasteiger partial charge >= 0.3 is 0 Å². The van der Waals surface area contributed by atoms with Gasteiger partial charge in [0.15, 0.2) is 0 Å². The molecule has 0 fully saturated rings. The van der Waals surface area contributed by atoms with Gasteiger partial charge < -0.3 is 15.0 Å². The molecule has 1 unspecified atom stereocenters. The third-order valence-electron chi connectivity index (χ3n) is 2.48. The van der Waals surface area contributed by atoms with Crippen LogP contribution in [0.3, 0.4) is 0 Å². The lowest BCUT2D eigenvalue weighted by molar-refractivity contribution is -0.132. The quantitative estimate of drug-likeness (QED) is 0.606. The summed E-state index contributed by atoms with van der Waals surface area (Å²) >= 11 is 0. The van der Waals surface area contributed by atoms with Gasteiger partial charge in [0, 0.05) is 32.2 Å². The van der Waals surface area contributed by atoms with Crippen molar-refractivity contribution in [1.82, 2.24) is 10.2 Å². The van der Waals surface area contributed by atoms with Crippen LogP contribution in [0.4, 0.5) is 0 Å². The molecule has 0 saturated carbocycles. The molecule has 1 N–H and O–H groups in total. The van der Waals surface area contributed by atoms with Crippen molar-refractivity contribution in [2.24, 2.45) is 0 Å². The van der Waals surface area contributed by atoms with Crippen LogP contribution in [0.2, 0.25) is 0 Å². The second-order valence-corrected chi connectivity index (χ2v) is 3.83. The lowest BCUT2D eigenvalue weighted by atomic mass is 10.2. The molecular weight excluding hydrogens is 204 g/mol. The molecule has 0 rings (SSSR count). The Kier molecular flexibility index (Phi) is 9.24. The van der Waals surface area contributed by atoms with Crippen LogP contribution < -0.4 is 5.32 Å². The van der Waals surface area contributed by atoms with Crippen molar-refractivity contribution in [2.75, 3.05) is 32.8 Å². The first kappa shape index (κ1) is 15.4. The first-order valence-electron chi connectivity index (χ1n) is 6.24. The standard InChI is InChI=1S/C12H26N2O2/c1-5-13-11(4)10-12(15)14(6-2)8-9-16-7-3/h11,13H,5-10H2,1-4H3. The van der Waals surface area contributed by atoms with E-state index >= 15 is 0 Å². The van der Waals surface area contributed by atoms with Gasteiger partial charge in [-0.05, 0) is 27.3 Å².